The van der Waals surface area contributed by atoms with Gasteiger partial charge in [-0.15, -0.1) is 0 Å². The maximum atomic E-state index is 2.25. The van der Waals surface area contributed by atoms with Crippen LogP contribution in [-0.2, 0) is 6.42 Å². The van der Waals surface area contributed by atoms with Gasteiger partial charge in [0.2, 0.25) is 0 Å². The maximum absolute atomic E-state index is 2.25. The number of rotatable bonds is 0. The first kappa shape index (κ1) is 5.59. The molecule has 0 aliphatic heterocycles. The summed E-state index contributed by atoms with van der Waals surface area (Å²) in [7, 11) is 0. The SMILES string of the molecule is c1ccc2c(c1)CC2=C1CC1. The molecule has 2 aliphatic rings. The lowest BCUT2D eigenvalue weighted by Crippen LogP contribution is -2.06. The Morgan fingerprint density at radius 1 is 1.00 bits per heavy atom. The molecule has 0 saturated heterocycles. The van der Waals surface area contributed by atoms with Crippen molar-refractivity contribution >= 4 is 5.57 Å². The van der Waals surface area contributed by atoms with Crippen LogP contribution < -0.4 is 0 Å². The van der Waals surface area contributed by atoms with Crippen molar-refractivity contribution in [2.24, 2.45) is 0 Å². The summed E-state index contributed by atoms with van der Waals surface area (Å²) in [6, 6.07) is 8.76. The minimum Gasteiger partial charge on any atom is -0.0654 e. The lowest BCUT2D eigenvalue weighted by molar-refractivity contribution is 1.16. The van der Waals surface area contributed by atoms with Crippen molar-refractivity contribution in [3.8, 4) is 0 Å². The summed E-state index contributed by atoms with van der Waals surface area (Å²) >= 11 is 0. The first-order valence-corrected chi connectivity index (χ1v) is 4.24. The molecular weight excluding hydrogens is 132 g/mol. The third kappa shape index (κ3) is 0.697. The fraction of sp³-hybridized carbons (Fsp3) is 0.273. The average Bonchev–Trinajstić information content (AvgIpc) is 2.75. The Morgan fingerprint density at radius 2 is 1.82 bits per heavy atom. The maximum Gasteiger partial charge on any atom is -0.00141 e. The van der Waals surface area contributed by atoms with Gasteiger partial charge in [0.15, 0.2) is 0 Å². The molecule has 0 nitrogen and oxygen atoms in total. The number of benzene rings is 1. The Balaban J connectivity index is 2.18. The zero-order valence-corrected chi connectivity index (χ0v) is 6.43. The van der Waals surface area contributed by atoms with Crippen LogP contribution in [0.3, 0.4) is 0 Å². The van der Waals surface area contributed by atoms with Crippen molar-refractivity contribution in [2.75, 3.05) is 0 Å². The molecule has 1 saturated carbocycles. The summed E-state index contributed by atoms with van der Waals surface area (Å²) in [6.07, 6.45) is 3.97. The van der Waals surface area contributed by atoms with Gasteiger partial charge < -0.3 is 0 Å². The number of fused-ring (bicyclic) bond motifs is 1. The van der Waals surface area contributed by atoms with E-state index in [9.17, 15) is 0 Å². The van der Waals surface area contributed by atoms with Crippen LogP contribution in [0.25, 0.3) is 5.57 Å². The fourth-order valence-electron chi connectivity index (χ4n) is 1.83. The summed E-state index contributed by atoms with van der Waals surface area (Å²) in [5.74, 6) is 0. The van der Waals surface area contributed by atoms with Gasteiger partial charge in [-0.2, -0.15) is 0 Å². The van der Waals surface area contributed by atoms with Crippen molar-refractivity contribution < 1.29 is 0 Å². The predicted molar refractivity (Wildman–Crippen MR) is 46.3 cm³/mol. The molecule has 54 valence electrons. The fourth-order valence-corrected chi connectivity index (χ4v) is 1.83. The van der Waals surface area contributed by atoms with E-state index < -0.39 is 0 Å². The van der Waals surface area contributed by atoms with E-state index in [0.29, 0.717) is 0 Å². The van der Waals surface area contributed by atoms with Crippen LogP contribution >= 0.6 is 0 Å². The van der Waals surface area contributed by atoms with E-state index in [4.69, 9.17) is 0 Å². The molecule has 0 aromatic heterocycles. The molecule has 0 spiro atoms. The predicted octanol–water partition coefficient (Wildman–Crippen LogP) is 2.79. The van der Waals surface area contributed by atoms with E-state index >= 15 is 0 Å². The second-order valence-electron chi connectivity index (χ2n) is 3.42. The minimum atomic E-state index is 1.24. The molecule has 0 amide bonds. The third-order valence-corrected chi connectivity index (χ3v) is 2.64. The Labute approximate surface area is 66.6 Å². The van der Waals surface area contributed by atoms with Crippen LogP contribution in [0.5, 0.6) is 0 Å². The van der Waals surface area contributed by atoms with Crippen molar-refractivity contribution in [3.63, 3.8) is 0 Å². The van der Waals surface area contributed by atoms with Crippen molar-refractivity contribution in [2.45, 2.75) is 19.3 Å². The van der Waals surface area contributed by atoms with E-state index in [1.165, 1.54) is 24.8 Å². The van der Waals surface area contributed by atoms with Gasteiger partial charge in [0.1, 0.15) is 0 Å². The molecule has 0 radical (unpaired) electrons. The summed E-state index contributed by atoms with van der Waals surface area (Å²) in [4.78, 5) is 0. The van der Waals surface area contributed by atoms with Crippen LogP contribution in [0.4, 0.5) is 0 Å². The summed E-state index contributed by atoms with van der Waals surface area (Å²) < 4.78 is 0. The smallest absolute Gasteiger partial charge is 0.00141 e. The number of hydrogen-bond acceptors (Lipinski definition) is 0. The Morgan fingerprint density at radius 3 is 2.55 bits per heavy atom. The Hall–Kier alpha value is -1.04. The van der Waals surface area contributed by atoms with Gasteiger partial charge in [0, 0.05) is 0 Å². The van der Waals surface area contributed by atoms with Gasteiger partial charge in [0.05, 0.1) is 0 Å². The molecule has 0 atom stereocenters. The highest BCUT2D eigenvalue weighted by Gasteiger charge is 2.26. The summed E-state index contributed by atoms with van der Waals surface area (Å²) in [6.45, 7) is 0. The van der Waals surface area contributed by atoms with Gasteiger partial charge in [-0.1, -0.05) is 29.8 Å². The molecular formula is C11H10. The van der Waals surface area contributed by atoms with Crippen LogP contribution in [0, 0.1) is 0 Å². The number of allylic oxidation sites excluding steroid dienone is 2. The lowest BCUT2D eigenvalue weighted by atomic mass is 9.82. The van der Waals surface area contributed by atoms with Crippen molar-refractivity contribution in [1.29, 1.82) is 0 Å². The van der Waals surface area contributed by atoms with E-state index in [1.54, 1.807) is 16.7 Å². The van der Waals surface area contributed by atoms with E-state index in [-0.39, 0.29) is 0 Å². The van der Waals surface area contributed by atoms with Crippen LogP contribution in [0.1, 0.15) is 24.0 Å². The van der Waals surface area contributed by atoms with E-state index in [1.807, 2.05) is 0 Å². The van der Waals surface area contributed by atoms with Crippen LogP contribution in [-0.4, -0.2) is 0 Å². The quantitative estimate of drug-likeness (QED) is 0.522. The molecule has 0 bridgehead atoms. The van der Waals surface area contributed by atoms with Gasteiger partial charge in [-0.3, -0.25) is 0 Å². The molecule has 0 N–H and O–H groups in total. The molecule has 1 aromatic carbocycles. The highest BCUT2D eigenvalue weighted by atomic mass is 14.3. The lowest BCUT2D eigenvalue weighted by Gasteiger charge is -2.22. The van der Waals surface area contributed by atoms with Crippen molar-refractivity contribution in [1.82, 2.24) is 0 Å². The topological polar surface area (TPSA) is 0 Å². The molecule has 0 heteroatoms. The van der Waals surface area contributed by atoms with Gasteiger partial charge in [-0.05, 0) is 36.0 Å². The minimum absolute atomic E-state index is 1.24. The van der Waals surface area contributed by atoms with E-state index in [0.717, 1.165) is 0 Å². The Bertz CT molecular complexity index is 339. The van der Waals surface area contributed by atoms with Crippen LogP contribution in [0.2, 0.25) is 0 Å². The second kappa shape index (κ2) is 1.76. The second-order valence-corrected chi connectivity index (χ2v) is 3.42. The highest BCUT2D eigenvalue weighted by Crippen LogP contribution is 2.44. The van der Waals surface area contributed by atoms with Crippen molar-refractivity contribution in [3.05, 3.63) is 41.0 Å². The first-order valence-electron chi connectivity index (χ1n) is 4.24. The standard InChI is InChI=1S/C11H10/c1-2-4-10-9(3-1)7-11(10)8-5-6-8/h1-4H,5-7H2. The zero-order chi connectivity index (χ0) is 7.26. The molecule has 0 heterocycles. The first-order chi connectivity index (χ1) is 5.45. The summed E-state index contributed by atoms with van der Waals surface area (Å²) in [5, 5.41) is 0. The van der Waals surface area contributed by atoms with Crippen LogP contribution in [0.15, 0.2) is 29.8 Å². The van der Waals surface area contributed by atoms with Gasteiger partial charge in [0.25, 0.3) is 0 Å². The monoisotopic (exact) mass is 142 g/mol. The molecule has 1 fully saturated rings. The third-order valence-electron chi connectivity index (χ3n) is 2.64. The molecule has 0 unspecified atom stereocenters. The normalized spacial score (nSPS) is 19.3. The van der Waals surface area contributed by atoms with Gasteiger partial charge in [-0.25, -0.2) is 0 Å². The summed E-state index contributed by atoms with van der Waals surface area (Å²) in [5.41, 5.74) is 6.44. The Kier molecular flexibility index (Phi) is 0.894. The average molecular weight is 142 g/mol. The molecule has 2 aliphatic carbocycles. The van der Waals surface area contributed by atoms with Gasteiger partial charge >= 0.3 is 0 Å². The van der Waals surface area contributed by atoms with E-state index in [2.05, 4.69) is 24.3 Å². The molecule has 11 heavy (non-hydrogen) atoms. The largest absolute Gasteiger partial charge is 0.0654 e. The zero-order valence-electron chi connectivity index (χ0n) is 6.43. The molecule has 1 aromatic rings. The number of hydrogen-bond donors (Lipinski definition) is 0. The molecule has 3 rings (SSSR count). The highest BCUT2D eigenvalue weighted by molar-refractivity contribution is 5.83.